The van der Waals surface area contributed by atoms with Gasteiger partial charge in [0.2, 0.25) is 0 Å². The maximum absolute atomic E-state index is 12.3. The van der Waals surface area contributed by atoms with E-state index in [0.29, 0.717) is 37.4 Å². The summed E-state index contributed by atoms with van der Waals surface area (Å²) in [5, 5.41) is 8.77. The molecule has 0 aliphatic rings. The Kier molecular flexibility index (Phi) is 7.62. The van der Waals surface area contributed by atoms with E-state index in [1.54, 1.807) is 38.5 Å². The Hall–Kier alpha value is -1.74. The predicted octanol–water partition coefficient (Wildman–Crippen LogP) is 1.72. The van der Waals surface area contributed by atoms with Crippen LogP contribution in [0.3, 0.4) is 0 Å². The number of Topliss-reactive ketones (excluding diaryl/α,β-unsaturated/α-hetero) is 1. The highest BCUT2D eigenvalue weighted by atomic mass is 16.5. The van der Waals surface area contributed by atoms with Crippen LogP contribution in [0.2, 0.25) is 0 Å². The topological polar surface area (TPSA) is 62.6 Å². The Morgan fingerprint density at radius 1 is 1.29 bits per heavy atom. The van der Waals surface area contributed by atoms with Crippen molar-refractivity contribution < 1.29 is 14.3 Å². The number of nitrogens with zero attached hydrogens (tertiary/aromatic N) is 2. The van der Waals surface area contributed by atoms with Crippen molar-refractivity contribution in [1.82, 2.24) is 4.90 Å². The van der Waals surface area contributed by atoms with Gasteiger partial charge in [0.1, 0.15) is 0 Å². The fourth-order valence-electron chi connectivity index (χ4n) is 2.02. The van der Waals surface area contributed by atoms with Gasteiger partial charge >= 0.3 is 0 Å². The fourth-order valence-corrected chi connectivity index (χ4v) is 2.02. The maximum atomic E-state index is 12.3. The first-order valence-corrected chi connectivity index (χ1v) is 6.87. The Bertz CT molecular complexity index is 479. The van der Waals surface area contributed by atoms with Crippen LogP contribution in [0.1, 0.15) is 22.8 Å². The third kappa shape index (κ3) is 5.64. The number of benzene rings is 1. The second-order valence-electron chi connectivity index (χ2n) is 4.88. The number of ether oxygens (including phenoxy) is 2. The van der Waals surface area contributed by atoms with Crippen LogP contribution in [0.5, 0.6) is 0 Å². The molecule has 114 valence electrons. The second-order valence-corrected chi connectivity index (χ2v) is 4.88. The third-order valence-electron chi connectivity index (χ3n) is 3.30. The third-order valence-corrected chi connectivity index (χ3v) is 3.30. The van der Waals surface area contributed by atoms with E-state index < -0.39 is 0 Å². The molecule has 5 nitrogen and oxygen atoms in total. The largest absolute Gasteiger partial charge is 0.383 e. The highest BCUT2D eigenvalue weighted by Gasteiger charge is 2.18. The number of carbonyl (C=O) groups is 1. The zero-order valence-electron chi connectivity index (χ0n) is 12.8. The number of nitriles is 1. The van der Waals surface area contributed by atoms with E-state index in [1.807, 2.05) is 17.9 Å². The molecule has 0 amide bonds. The molecule has 21 heavy (non-hydrogen) atoms. The van der Waals surface area contributed by atoms with Gasteiger partial charge in [-0.2, -0.15) is 5.26 Å². The molecule has 0 saturated carbocycles. The zero-order chi connectivity index (χ0) is 15.7. The molecule has 0 radical (unpaired) electrons. The smallest absolute Gasteiger partial charge is 0.176 e. The molecule has 0 aromatic heterocycles. The van der Waals surface area contributed by atoms with Crippen LogP contribution in [0, 0.1) is 11.3 Å². The monoisotopic (exact) mass is 290 g/mol. The number of ketones is 1. The molecule has 1 atom stereocenters. The van der Waals surface area contributed by atoms with Crippen molar-refractivity contribution in [1.29, 1.82) is 5.26 Å². The summed E-state index contributed by atoms with van der Waals surface area (Å²) in [6.07, 6.45) is 0. The molecule has 5 heteroatoms. The molecule has 0 bridgehead atoms. The lowest BCUT2D eigenvalue weighted by Gasteiger charge is -2.27. The minimum Gasteiger partial charge on any atom is -0.383 e. The van der Waals surface area contributed by atoms with Gasteiger partial charge in [-0.15, -0.1) is 0 Å². The van der Waals surface area contributed by atoms with E-state index in [1.165, 1.54) is 0 Å². The number of carbonyl (C=O) groups excluding carboxylic acids is 1. The van der Waals surface area contributed by atoms with Gasteiger partial charge in [0.25, 0.3) is 0 Å². The van der Waals surface area contributed by atoms with Gasteiger partial charge in [0.05, 0.1) is 31.4 Å². The van der Waals surface area contributed by atoms with Crippen LogP contribution < -0.4 is 0 Å². The summed E-state index contributed by atoms with van der Waals surface area (Å²) in [5.41, 5.74) is 1.16. The molecule has 1 rings (SSSR count). The first-order valence-electron chi connectivity index (χ1n) is 6.87. The van der Waals surface area contributed by atoms with Crippen LogP contribution in [0.15, 0.2) is 24.3 Å². The van der Waals surface area contributed by atoms with Crippen LogP contribution in [0.4, 0.5) is 0 Å². The van der Waals surface area contributed by atoms with Gasteiger partial charge < -0.3 is 9.47 Å². The highest BCUT2D eigenvalue weighted by molar-refractivity contribution is 5.97. The molecule has 1 aromatic rings. The van der Waals surface area contributed by atoms with E-state index in [9.17, 15) is 4.79 Å². The van der Waals surface area contributed by atoms with E-state index in [0.717, 1.165) is 0 Å². The molecule has 1 aromatic carbocycles. The zero-order valence-corrected chi connectivity index (χ0v) is 12.8. The molecule has 0 heterocycles. The molecular formula is C16H22N2O3. The summed E-state index contributed by atoms with van der Waals surface area (Å²) in [6, 6.07) is 8.87. The fraction of sp³-hybridized carbons (Fsp3) is 0.500. The van der Waals surface area contributed by atoms with E-state index in [4.69, 9.17) is 14.7 Å². The van der Waals surface area contributed by atoms with Crippen LogP contribution >= 0.6 is 0 Å². The van der Waals surface area contributed by atoms with Gasteiger partial charge in [-0.1, -0.05) is 12.1 Å². The maximum Gasteiger partial charge on any atom is 0.176 e. The minimum absolute atomic E-state index is 0.0264. The van der Waals surface area contributed by atoms with E-state index in [2.05, 4.69) is 0 Å². The van der Waals surface area contributed by atoms with E-state index >= 15 is 0 Å². The lowest BCUT2D eigenvalue weighted by atomic mass is 10.1. The van der Waals surface area contributed by atoms with E-state index in [-0.39, 0.29) is 11.8 Å². The van der Waals surface area contributed by atoms with Crippen molar-refractivity contribution in [2.24, 2.45) is 0 Å². The van der Waals surface area contributed by atoms with Crippen LogP contribution in [-0.4, -0.2) is 57.2 Å². The molecule has 0 N–H and O–H groups in total. The summed E-state index contributed by atoms with van der Waals surface area (Å²) in [5.74, 6) is 0.0264. The summed E-state index contributed by atoms with van der Waals surface area (Å²) in [4.78, 5) is 14.4. The van der Waals surface area contributed by atoms with Crippen molar-refractivity contribution in [3.8, 4) is 6.07 Å². The summed E-state index contributed by atoms with van der Waals surface area (Å²) < 4.78 is 10.2. The summed E-state index contributed by atoms with van der Waals surface area (Å²) in [6.45, 7) is 4.12. The summed E-state index contributed by atoms with van der Waals surface area (Å²) >= 11 is 0. The number of methoxy groups -OCH3 is 2. The van der Waals surface area contributed by atoms with Crippen molar-refractivity contribution in [2.45, 2.75) is 13.0 Å². The number of rotatable bonds is 9. The van der Waals surface area contributed by atoms with Crippen molar-refractivity contribution >= 4 is 5.78 Å². The predicted molar refractivity (Wildman–Crippen MR) is 80.3 cm³/mol. The highest BCUT2D eigenvalue weighted by Crippen LogP contribution is 2.07. The Balaban J connectivity index is 2.71. The van der Waals surface area contributed by atoms with Gasteiger partial charge in [-0.05, 0) is 19.1 Å². The van der Waals surface area contributed by atoms with Crippen molar-refractivity contribution in [2.75, 3.05) is 40.5 Å². The average molecular weight is 290 g/mol. The first-order chi connectivity index (χ1) is 10.1. The second kappa shape index (κ2) is 9.24. The van der Waals surface area contributed by atoms with Crippen LogP contribution in [-0.2, 0) is 9.47 Å². The molecule has 1 unspecified atom stereocenters. The molecule has 0 fully saturated rings. The lowest BCUT2D eigenvalue weighted by molar-refractivity contribution is 0.0651. The SMILES string of the molecule is COCCN(CC(=O)c1ccc(C#N)cc1)C(C)COC. The van der Waals surface area contributed by atoms with Gasteiger partial charge in [0, 0.05) is 32.4 Å². The number of hydrogen-bond donors (Lipinski definition) is 0. The quantitative estimate of drug-likeness (QED) is 0.648. The Morgan fingerprint density at radius 3 is 2.48 bits per heavy atom. The lowest BCUT2D eigenvalue weighted by Crippen LogP contribution is -2.41. The standard InChI is InChI=1S/C16H22N2O3/c1-13(12-21-3)18(8-9-20-2)11-16(19)15-6-4-14(10-17)5-7-15/h4-7,13H,8-9,11-12H2,1-3H3. The normalized spacial score (nSPS) is 12.1. The van der Waals surface area contributed by atoms with Gasteiger partial charge in [0.15, 0.2) is 5.78 Å². The van der Waals surface area contributed by atoms with Crippen molar-refractivity contribution in [3.63, 3.8) is 0 Å². The van der Waals surface area contributed by atoms with Crippen molar-refractivity contribution in [3.05, 3.63) is 35.4 Å². The first kappa shape index (κ1) is 17.3. The average Bonchev–Trinajstić information content (AvgIpc) is 2.51. The summed E-state index contributed by atoms with van der Waals surface area (Å²) in [7, 11) is 3.29. The molecular weight excluding hydrogens is 268 g/mol. The van der Waals surface area contributed by atoms with Gasteiger partial charge in [-0.25, -0.2) is 0 Å². The van der Waals surface area contributed by atoms with Crippen LogP contribution in [0.25, 0.3) is 0 Å². The Labute approximate surface area is 126 Å². The molecule has 0 aliphatic heterocycles. The van der Waals surface area contributed by atoms with Gasteiger partial charge in [-0.3, -0.25) is 9.69 Å². The molecule has 0 saturated heterocycles. The molecule has 0 spiro atoms. The minimum atomic E-state index is 0.0264. The number of hydrogen-bond acceptors (Lipinski definition) is 5. The Morgan fingerprint density at radius 2 is 1.95 bits per heavy atom. The molecule has 0 aliphatic carbocycles.